The van der Waals surface area contributed by atoms with Crippen molar-refractivity contribution in [2.24, 2.45) is 0 Å². The number of benzene rings is 2. The second kappa shape index (κ2) is 9.43. The first-order valence-corrected chi connectivity index (χ1v) is 12.5. The highest BCUT2D eigenvalue weighted by molar-refractivity contribution is 7.92. The first kappa shape index (κ1) is 24.9. The van der Waals surface area contributed by atoms with Gasteiger partial charge in [0.25, 0.3) is 0 Å². The van der Waals surface area contributed by atoms with Crippen molar-refractivity contribution in [1.29, 1.82) is 0 Å². The van der Waals surface area contributed by atoms with Crippen molar-refractivity contribution in [2.75, 3.05) is 17.1 Å². The van der Waals surface area contributed by atoms with Gasteiger partial charge in [-0.05, 0) is 47.4 Å². The lowest BCUT2D eigenvalue weighted by Gasteiger charge is -2.30. The van der Waals surface area contributed by atoms with Crippen LogP contribution >= 0.6 is 0 Å². The van der Waals surface area contributed by atoms with E-state index in [2.05, 4.69) is 52.1 Å². The number of carbonyl (C=O) groups excluding carboxylic acids is 1. The van der Waals surface area contributed by atoms with Crippen LogP contribution in [-0.4, -0.2) is 33.2 Å². The van der Waals surface area contributed by atoms with Crippen LogP contribution in [0.25, 0.3) is 0 Å². The van der Waals surface area contributed by atoms with Crippen LogP contribution in [0.1, 0.15) is 59.1 Å². The molecule has 0 aliphatic heterocycles. The van der Waals surface area contributed by atoms with Crippen LogP contribution in [0, 0.1) is 0 Å². The van der Waals surface area contributed by atoms with Gasteiger partial charge in [-0.3, -0.25) is 9.10 Å². The number of hydrogen-bond acceptors (Lipinski definition) is 3. The number of hydrogen-bond donors (Lipinski definition) is 1. The van der Waals surface area contributed by atoms with E-state index in [0.29, 0.717) is 5.69 Å². The van der Waals surface area contributed by atoms with E-state index < -0.39 is 10.0 Å². The molecular formula is C25H36N2O3S. The Labute approximate surface area is 187 Å². The molecule has 1 atom stereocenters. The molecule has 0 fully saturated rings. The van der Waals surface area contributed by atoms with E-state index >= 15 is 0 Å². The van der Waals surface area contributed by atoms with Gasteiger partial charge in [-0.2, -0.15) is 0 Å². The number of carbonyl (C=O) groups is 1. The SMILES string of the molecule is CC(CC(C)(C)c1ccccc1)NC(=O)CN(c1ccc(C(C)(C)C)cc1)S(C)(=O)=O. The lowest BCUT2D eigenvalue weighted by atomic mass is 9.79. The Morgan fingerprint density at radius 1 is 0.935 bits per heavy atom. The molecule has 1 amide bonds. The standard InChI is InChI=1S/C25H36N2O3S/c1-19(17-25(5,6)21-11-9-8-10-12-21)26-23(28)18-27(31(7,29)30)22-15-13-20(14-16-22)24(2,3)4/h8-16,19H,17-18H2,1-7H3,(H,26,28). The van der Waals surface area contributed by atoms with Crippen molar-refractivity contribution in [2.45, 2.75) is 64.8 Å². The minimum atomic E-state index is -3.60. The zero-order valence-electron chi connectivity index (χ0n) is 19.8. The fourth-order valence-electron chi connectivity index (χ4n) is 3.80. The summed E-state index contributed by atoms with van der Waals surface area (Å²) in [5.41, 5.74) is 2.64. The molecule has 0 saturated heterocycles. The van der Waals surface area contributed by atoms with Gasteiger partial charge in [0, 0.05) is 6.04 Å². The molecule has 0 heterocycles. The zero-order chi connectivity index (χ0) is 23.4. The molecule has 31 heavy (non-hydrogen) atoms. The molecule has 5 nitrogen and oxygen atoms in total. The predicted octanol–water partition coefficient (Wildman–Crippen LogP) is 4.62. The number of nitrogens with one attached hydrogen (secondary N) is 1. The topological polar surface area (TPSA) is 66.5 Å². The number of anilines is 1. The molecular weight excluding hydrogens is 408 g/mol. The van der Waals surface area contributed by atoms with Crippen LogP contribution < -0.4 is 9.62 Å². The van der Waals surface area contributed by atoms with Gasteiger partial charge in [-0.15, -0.1) is 0 Å². The van der Waals surface area contributed by atoms with E-state index in [0.717, 1.165) is 22.5 Å². The molecule has 0 bridgehead atoms. The molecule has 170 valence electrons. The van der Waals surface area contributed by atoms with Crippen LogP contribution in [0.5, 0.6) is 0 Å². The second-order valence-electron chi connectivity index (χ2n) is 9.99. The van der Waals surface area contributed by atoms with Crippen LogP contribution in [0.2, 0.25) is 0 Å². The summed E-state index contributed by atoms with van der Waals surface area (Å²) >= 11 is 0. The Bertz CT molecular complexity index is 976. The summed E-state index contributed by atoms with van der Waals surface area (Å²) in [7, 11) is -3.60. The monoisotopic (exact) mass is 444 g/mol. The van der Waals surface area contributed by atoms with Gasteiger partial charge in [0.05, 0.1) is 11.9 Å². The maximum Gasteiger partial charge on any atom is 0.240 e. The molecule has 1 N–H and O–H groups in total. The molecule has 1 unspecified atom stereocenters. The summed E-state index contributed by atoms with van der Waals surface area (Å²) in [4.78, 5) is 12.7. The van der Waals surface area contributed by atoms with Crippen molar-refractivity contribution >= 4 is 21.6 Å². The molecule has 0 radical (unpaired) electrons. The van der Waals surface area contributed by atoms with E-state index in [1.165, 1.54) is 5.56 Å². The second-order valence-corrected chi connectivity index (χ2v) is 11.9. The van der Waals surface area contributed by atoms with E-state index in [1.54, 1.807) is 12.1 Å². The highest BCUT2D eigenvalue weighted by Crippen LogP contribution is 2.28. The van der Waals surface area contributed by atoms with Gasteiger partial charge >= 0.3 is 0 Å². The van der Waals surface area contributed by atoms with E-state index in [9.17, 15) is 13.2 Å². The number of sulfonamides is 1. The van der Waals surface area contributed by atoms with Gasteiger partial charge in [-0.25, -0.2) is 8.42 Å². The molecule has 0 aliphatic carbocycles. The third-order valence-electron chi connectivity index (χ3n) is 5.49. The van der Waals surface area contributed by atoms with Gasteiger partial charge in [0.2, 0.25) is 15.9 Å². The van der Waals surface area contributed by atoms with E-state index in [4.69, 9.17) is 0 Å². The third-order valence-corrected chi connectivity index (χ3v) is 6.63. The molecule has 0 saturated carbocycles. The molecule has 0 aromatic heterocycles. The Kier molecular flexibility index (Phi) is 7.58. The van der Waals surface area contributed by atoms with Crippen LogP contribution in [0.15, 0.2) is 54.6 Å². The summed E-state index contributed by atoms with van der Waals surface area (Å²) in [6.07, 6.45) is 1.86. The Hall–Kier alpha value is -2.34. The first-order valence-electron chi connectivity index (χ1n) is 10.6. The number of rotatable bonds is 8. The molecule has 0 spiro atoms. The fraction of sp³-hybridized carbons (Fsp3) is 0.480. The number of nitrogens with zero attached hydrogens (tertiary/aromatic N) is 1. The highest BCUT2D eigenvalue weighted by atomic mass is 32.2. The van der Waals surface area contributed by atoms with Crippen LogP contribution in [0.3, 0.4) is 0 Å². The first-order chi connectivity index (χ1) is 14.2. The van der Waals surface area contributed by atoms with Gasteiger partial charge in [0.1, 0.15) is 6.54 Å². The van der Waals surface area contributed by atoms with E-state index in [1.807, 2.05) is 37.3 Å². The summed E-state index contributed by atoms with van der Waals surface area (Å²) in [6, 6.07) is 17.4. The summed E-state index contributed by atoms with van der Waals surface area (Å²) in [6.45, 7) is 12.3. The molecule has 2 aromatic carbocycles. The lowest BCUT2D eigenvalue weighted by molar-refractivity contribution is -0.120. The number of amides is 1. The Morgan fingerprint density at radius 2 is 1.48 bits per heavy atom. The average Bonchev–Trinajstić information content (AvgIpc) is 2.65. The van der Waals surface area contributed by atoms with Gasteiger partial charge in [-0.1, -0.05) is 77.1 Å². The minimum absolute atomic E-state index is 0.0349. The van der Waals surface area contributed by atoms with Crippen molar-refractivity contribution in [3.8, 4) is 0 Å². The van der Waals surface area contributed by atoms with Crippen molar-refractivity contribution in [1.82, 2.24) is 5.32 Å². The van der Waals surface area contributed by atoms with Crippen LogP contribution in [-0.2, 0) is 25.6 Å². The van der Waals surface area contributed by atoms with Crippen molar-refractivity contribution < 1.29 is 13.2 Å². The quantitative estimate of drug-likeness (QED) is 0.646. The Balaban J connectivity index is 2.09. The lowest BCUT2D eigenvalue weighted by Crippen LogP contribution is -2.44. The summed E-state index contributed by atoms with van der Waals surface area (Å²) in [5.74, 6) is -0.318. The third kappa shape index (κ3) is 7.10. The maximum absolute atomic E-state index is 12.7. The molecule has 6 heteroatoms. The van der Waals surface area contributed by atoms with Gasteiger partial charge < -0.3 is 5.32 Å². The zero-order valence-corrected chi connectivity index (χ0v) is 20.6. The van der Waals surface area contributed by atoms with Gasteiger partial charge in [0.15, 0.2) is 0 Å². The largest absolute Gasteiger partial charge is 0.352 e. The van der Waals surface area contributed by atoms with Crippen LogP contribution in [0.4, 0.5) is 5.69 Å². The van der Waals surface area contributed by atoms with E-state index in [-0.39, 0.29) is 29.3 Å². The van der Waals surface area contributed by atoms with Crippen molar-refractivity contribution in [3.05, 3.63) is 65.7 Å². The predicted molar refractivity (Wildman–Crippen MR) is 129 cm³/mol. The summed E-state index contributed by atoms with van der Waals surface area (Å²) < 4.78 is 25.9. The highest BCUT2D eigenvalue weighted by Gasteiger charge is 2.26. The Morgan fingerprint density at radius 3 is 1.97 bits per heavy atom. The van der Waals surface area contributed by atoms with Crippen molar-refractivity contribution in [3.63, 3.8) is 0 Å². The fourth-order valence-corrected chi connectivity index (χ4v) is 4.66. The minimum Gasteiger partial charge on any atom is -0.352 e. The summed E-state index contributed by atoms with van der Waals surface area (Å²) in [5, 5.41) is 2.97. The molecule has 0 aliphatic rings. The normalized spacial score (nSPS) is 13.5. The average molecular weight is 445 g/mol. The molecule has 2 aromatic rings. The molecule has 2 rings (SSSR count). The maximum atomic E-state index is 12.7. The smallest absolute Gasteiger partial charge is 0.240 e.